The lowest BCUT2D eigenvalue weighted by Gasteiger charge is -2.59. The highest BCUT2D eigenvalue weighted by atomic mass is 35.6. The topological polar surface area (TPSA) is 0 Å². The second-order valence-electron chi connectivity index (χ2n) is 9.44. The fraction of sp³-hybridized carbons (Fsp3) is 1.00. The third-order valence-corrected chi connectivity index (χ3v) is 132. The van der Waals surface area contributed by atoms with Gasteiger partial charge in [-0.25, -0.2) is 0 Å². The monoisotopic (exact) mass is 418 g/mol. The van der Waals surface area contributed by atoms with E-state index in [1.165, 1.54) is 0 Å². The lowest BCUT2D eigenvalue weighted by molar-refractivity contribution is 1.77. The predicted molar refractivity (Wildman–Crippen MR) is 117 cm³/mol. The van der Waals surface area contributed by atoms with Gasteiger partial charge < -0.3 is 0 Å². The first-order valence-electron chi connectivity index (χ1n) is 7.63. The van der Waals surface area contributed by atoms with Crippen molar-refractivity contribution in [1.29, 1.82) is 0 Å². The molecule has 0 N–H and O–H groups in total. The molecule has 0 aromatic rings. The molecule has 0 radical (unpaired) electrons. The van der Waals surface area contributed by atoms with E-state index < -0.39 is 42.2 Å². The van der Waals surface area contributed by atoms with Gasteiger partial charge in [0.1, 0.15) is 13.8 Å². The van der Waals surface area contributed by atoms with Crippen molar-refractivity contribution in [3.05, 3.63) is 0 Å². The van der Waals surface area contributed by atoms with Gasteiger partial charge in [-0.1, -0.05) is 78.6 Å². The molecule has 0 amide bonds. The highest BCUT2D eigenvalue weighted by molar-refractivity contribution is 8.01. The molecule has 0 aromatic carbocycles. The number of hydrogen-bond donors (Lipinski definition) is 0. The molecule has 0 bridgehead atoms. The smallest absolute Gasteiger partial charge is 0.138 e. The molecule has 0 rings (SSSR count). The fourth-order valence-corrected chi connectivity index (χ4v) is 157. The molecule has 0 saturated heterocycles. The van der Waals surface area contributed by atoms with E-state index in [0.717, 1.165) is 0 Å². The minimum atomic E-state index is -1.57. The van der Waals surface area contributed by atoms with Crippen molar-refractivity contribution in [2.45, 2.75) is 78.6 Å². The van der Waals surface area contributed by atoms with Crippen LogP contribution in [0.3, 0.4) is 0 Å². The van der Waals surface area contributed by atoms with Crippen LogP contribution >= 0.6 is 22.2 Å². The molecule has 0 aliphatic rings. The van der Waals surface area contributed by atoms with Crippen LogP contribution in [0.2, 0.25) is 78.6 Å². The molecule has 0 aliphatic carbocycles. The van der Waals surface area contributed by atoms with E-state index in [2.05, 4.69) is 78.6 Å². The van der Waals surface area contributed by atoms with Gasteiger partial charge in [-0.05, 0) is 0 Å². The lowest BCUT2D eigenvalue weighted by atomic mass is 11.9. The molecule has 0 nitrogen and oxygen atoms in total. The van der Waals surface area contributed by atoms with Gasteiger partial charge in [-0.2, -0.15) is 22.2 Å². The van der Waals surface area contributed by atoms with E-state index in [1.54, 1.807) is 0 Å². The first kappa shape index (κ1) is 21.9. The molecule has 0 spiro atoms. The van der Waals surface area contributed by atoms with Crippen LogP contribution in [0, 0.1) is 0 Å². The molecule has 0 saturated carbocycles. The van der Waals surface area contributed by atoms with Crippen LogP contribution in [-0.4, -0.2) is 42.2 Å². The van der Waals surface area contributed by atoms with Crippen molar-refractivity contribution >= 4 is 64.4 Å². The summed E-state index contributed by atoms with van der Waals surface area (Å²) in [5.41, 5.74) is 0. The number of rotatable bonds is 5. The maximum Gasteiger partial charge on any atom is 0.138 e. The normalized spacial score (nSPS) is 16.5. The van der Waals surface area contributed by atoms with Gasteiger partial charge in [-0.15, -0.1) is 0 Å². The Bertz CT molecular complexity index is 327. The Labute approximate surface area is 142 Å². The summed E-state index contributed by atoms with van der Waals surface area (Å²) in [5.74, 6) is 0. The van der Waals surface area contributed by atoms with Crippen molar-refractivity contribution in [1.82, 2.24) is 0 Å². The average Bonchev–Trinajstić information content (AvgIpc) is 2.12. The van der Waals surface area contributed by atoms with Crippen LogP contribution in [0.1, 0.15) is 0 Å². The maximum absolute atomic E-state index is 7.03. The second kappa shape index (κ2) is 5.75. The standard InChI is InChI=1S/C12H36Cl2Si6/c1-15(2,13)17(5,6)19(9,10)20(11,12)18(7,8)16(3,4)14/h1-12H3. The van der Waals surface area contributed by atoms with Gasteiger partial charge in [0, 0.05) is 14.2 Å². The summed E-state index contributed by atoms with van der Waals surface area (Å²) < 4.78 is 0. The zero-order valence-electron chi connectivity index (χ0n) is 15.8. The summed E-state index contributed by atoms with van der Waals surface area (Å²) in [4.78, 5) is 0. The lowest BCUT2D eigenvalue weighted by Crippen LogP contribution is -2.87. The zero-order valence-corrected chi connectivity index (χ0v) is 23.3. The quantitative estimate of drug-likeness (QED) is 0.373. The zero-order chi connectivity index (χ0) is 17.0. The molecule has 20 heavy (non-hydrogen) atoms. The van der Waals surface area contributed by atoms with E-state index in [9.17, 15) is 0 Å². The predicted octanol–water partition coefficient (Wildman–Crippen LogP) is 6.10. The minimum absolute atomic E-state index is 1.32. The number of hydrogen-bond acceptors (Lipinski definition) is 0. The third kappa shape index (κ3) is 3.22. The van der Waals surface area contributed by atoms with Crippen molar-refractivity contribution < 1.29 is 0 Å². The van der Waals surface area contributed by atoms with Crippen LogP contribution in [-0.2, 0) is 0 Å². The van der Waals surface area contributed by atoms with Crippen LogP contribution in [0.15, 0.2) is 0 Å². The summed E-state index contributed by atoms with van der Waals surface area (Å²) >= 11 is 14.1. The molecule has 0 fully saturated rings. The summed E-state index contributed by atoms with van der Waals surface area (Å²) in [6, 6.07) is 0. The molecule has 0 heterocycles. The van der Waals surface area contributed by atoms with Gasteiger partial charge in [-0.3, -0.25) is 0 Å². The van der Waals surface area contributed by atoms with E-state index in [4.69, 9.17) is 22.2 Å². The number of halogens is 2. The van der Waals surface area contributed by atoms with Crippen molar-refractivity contribution in [3.63, 3.8) is 0 Å². The second-order valence-corrected chi connectivity index (χ2v) is 79.4. The summed E-state index contributed by atoms with van der Waals surface area (Å²) in [6.07, 6.45) is 0. The van der Waals surface area contributed by atoms with Crippen LogP contribution in [0.25, 0.3) is 0 Å². The maximum atomic E-state index is 7.03. The first-order chi connectivity index (χ1) is 8.25. The molecule has 0 unspecified atom stereocenters. The van der Waals surface area contributed by atoms with Crippen LogP contribution in [0.4, 0.5) is 0 Å². The highest BCUT2D eigenvalue weighted by Gasteiger charge is 2.65. The molecule has 0 aliphatic heterocycles. The van der Waals surface area contributed by atoms with Crippen molar-refractivity contribution in [3.8, 4) is 0 Å². The molecule has 122 valence electrons. The SMILES string of the molecule is C[Si](C)(Cl)[Si](C)(C)[Si](C)(C)[Si](C)(C)[Si](C)(C)[Si](C)(C)Cl. The Kier molecular flexibility index (Phi) is 6.29. The highest BCUT2D eigenvalue weighted by Crippen LogP contribution is 2.43. The fourth-order valence-electron chi connectivity index (χ4n) is 3.05. The van der Waals surface area contributed by atoms with E-state index in [-0.39, 0.29) is 0 Å². The van der Waals surface area contributed by atoms with Gasteiger partial charge >= 0.3 is 0 Å². The van der Waals surface area contributed by atoms with E-state index in [1.807, 2.05) is 0 Å². The molecule has 8 heteroatoms. The first-order valence-corrected chi connectivity index (χ1v) is 32.7. The Morgan fingerprint density at radius 3 is 0.600 bits per heavy atom. The Morgan fingerprint density at radius 2 is 0.500 bits per heavy atom. The van der Waals surface area contributed by atoms with Gasteiger partial charge in [0.2, 0.25) is 0 Å². The largest absolute Gasteiger partial charge is 0.171 e. The van der Waals surface area contributed by atoms with E-state index in [0.29, 0.717) is 0 Å². The Morgan fingerprint density at radius 1 is 0.350 bits per heavy atom. The van der Waals surface area contributed by atoms with E-state index >= 15 is 0 Å². The van der Waals surface area contributed by atoms with Crippen LogP contribution < -0.4 is 0 Å². The van der Waals surface area contributed by atoms with Gasteiger partial charge in [0.05, 0.1) is 14.2 Å². The summed E-state index contributed by atoms with van der Waals surface area (Å²) in [6.45, 7) is 27.7. The molecule has 0 aromatic heterocycles. The molecular weight excluding hydrogens is 384 g/mol. The van der Waals surface area contributed by atoms with Crippen LogP contribution in [0.5, 0.6) is 0 Å². The third-order valence-electron chi connectivity index (χ3n) is 7.66. The Balaban J connectivity index is 6.08. The minimum Gasteiger partial charge on any atom is -0.171 e. The Hall–Kier alpha value is 1.88. The van der Waals surface area contributed by atoms with Gasteiger partial charge in [0.25, 0.3) is 0 Å². The van der Waals surface area contributed by atoms with Crippen molar-refractivity contribution in [2.75, 3.05) is 0 Å². The molecular formula is C12H36Cl2Si6. The average molecular weight is 420 g/mol. The summed E-state index contributed by atoms with van der Waals surface area (Å²) in [5, 5.41) is 0. The molecule has 0 atom stereocenters. The summed E-state index contributed by atoms with van der Waals surface area (Å²) in [7, 11) is -5.35. The van der Waals surface area contributed by atoms with Crippen molar-refractivity contribution in [2.24, 2.45) is 0 Å². The van der Waals surface area contributed by atoms with Gasteiger partial charge in [0.15, 0.2) is 0 Å².